The zero-order valence-corrected chi connectivity index (χ0v) is 18.6. The Morgan fingerprint density at radius 2 is 1.53 bits per heavy atom. The van der Waals surface area contributed by atoms with Crippen molar-refractivity contribution in [1.82, 2.24) is 9.13 Å². The second kappa shape index (κ2) is 8.23. The largest absolute Gasteiger partial charge is 0.454 e. The smallest absolute Gasteiger partial charge is 0.340 e. The third kappa shape index (κ3) is 3.35. The van der Waals surface area contributed by atoms with Crippen LogP contribution in [-0.4, -0.2) is 39.1 Å². The third-order valence-corrected chi connectivity index (χ3v) is 5.97. The number of hydrogen-bond acceptors (Lipinski definition) is 8. The second-order valence-corrected chi connectivity index (χ2v) is 7.90. The van der Waals surface area contributed by atoms with Crippen LogP contribution in [0.1, 0.15) is 52.6 Å². The van der Waals surface area contributed by atoms with Crippen LogP contribution in [0.2, 0.25) is 5.02 Å². The Morgan fingerprint density at radius 3 is 2.18 bits per heavy atom. The van der Waals surface area contributed by atoms with E-state index in [0.717, 1.165) is 4.57 Å². The Balaban J connectivity index is 1.63. The van der Waals surface area contributed by atoms with Gasteiger partial charge < -0.3 is 10.5 Å². The predicted octanol–water partition coefficient (Wildman–Crippen LogP) is 1.13. The fourth-order valence-electron chi connectivity index (χ4n) is 3.71. The van der Waals surface area contributed by atoms with Gasteiger partial charge in [0.15, 0.2) is 18.2 Å². The molecule has 0 fully saturated rings. The maximum Gasteiger partial charge on any atom is 0.340 e. The predicted molar refractivity (Wildman–Crippen MR) is 121 cm³/mol. The van der Waals surface area contributed by atoms with Crippen molar-refractivity contribution in [2.45, 2.75) is 0 Å². The average Bonchev–Trinajstić information content (AvgIpc) is 2.83. The molecule has 1 aromatic heterocycles. The van der Waals surface area contributed by atoms with E-state index in [1.165, 1.54) is 38.4 Å². The molecule has 1 heterocycles. The number of anilines is 1. The maximum atomic E-state index is 12.9. The number of carbonyl (C=O) groups excluding carboxylic acids is 4. The molecule has 0 spiro atoms. The van der Waals surface area contributed by atoms with Gasteiger partial charge in [0, 0.05) is 30.8 Å². The van der Waals surface area contributed by atoms with Crippen LogP contribution in [0.3, 0.4) is 0 Å². The van der Waals surface area contributed by atoms with E-state index in [1.54, 1.807) is 12.1 Å². The molecular formula is C23H16ClN3O7. The van der Waals surface area contributed by atoms with Crippen LogP contribution in [0.25, 0.3) is 0 Å². The van der Waals surface area contributed by atoms with E-state index in [2.05, 4.69) is 0 Å². The minimum Gasteiger partial charge on any atom is -0.454 e. The van der Waals surface area contributed by atoms with Crippen molar-refractivity contribution in [1.29, 1.82) is 0 Å². The first-order chi connectivity index (χ1) is 16.1. The summed E-state index contributed by atoms with van der Waals surface area (Å²) in [6, 6.07) is 8.74. The number of esters is 1. The Kier molecular flexibility index (Phi) is 5.54. The highest BCUT2D eigenvalue weighted by molar-refractivity contribution is 6.41. The summed E-state index contributed by atoms with van der Waals surface area (Å²) in [6.45, 7) is -0.875. The van der Waals surface area contributed by atoms with Crippen LogP contribution in [0.15, 0.2) is 46.0 Å². The quantitative estimate of drug-likeness (QED) is 0.337. The van der Waals surface area contributed by atoms with E-state index in [-0.39, 0.29) is 38.7 Å². The number of carbonyl (C=O) groups is 4. The monoisotopic (exact) mass is 481 g/mol. The Bertz CT molecular complexity index is 1570. The SMILES string of the molecule is Cn1c(N)c(C(=O)COC(=O)c2ccc3c(c2Cl)C(=O)c2ccccc2C3=O)c(=O)n(C)c1=O. The van der Waals surface area contributed by atoms with Crippen molar-refractivity contribution in [3.63, 3.8) is 0 Å². The van der Waals surface area contributed by atoms with Crippen LogP contribution in [-0.2, 0) is 18.8 Å². The van der Waals surface area contributed by atoms with Gasteiger partial charge in [-0.05, 0) is 12.1 Å². The minimum atomic E-state index is -1.06. The fourth-order valence-corrected chi connectivity index (χ4v) is 4.03. The van der Waals surface area contributed by atoms with Gasteiger partial charge in [-0.15, -0.1) is 0 Å². The van der Waals surface area contributed by atoms with Crippen molar-refractivity contribution < 1.29 is 23.9 Å². The molecule has 11 heteroatoms. The Morgan fingerprint density at radius 1 is 0.912 bits per heavy atom. The molecule has 2 aromatic carbocycles. The zero-order valence-electron chi connectivity index (χ0n) is 17.9. The van der Waals surface area contributed by atoms with E-state index >= 15 is 0 Å². The van der Waals surface area contributed by atoms with Crippen LogP contribution in [0.5, 0.6) is 0 Å². The summed E-state index contributed by atoms with van der Waals surface area (Å²) in [7, 11) is 2.46. The molecule has 3 aromatic rings. The van der Waals surface area contributed by atoms with Gasteiger partial charge >= 0.3 is 11.7 Å². The molecule has 0 bridgehead atoms. The Labute approximate surface area is 196 Å². The van der Waals surface area contributed by atoms with Gasteiger partial charge in [0.1, 0.15) is 11.4 Å². The summed E-state index contributed by atoms with van der Waals surface area (Å²) in [4.78, 5) is 75.2. The van der Waals surface area contributed by atoms with Crippen LogP contribution >= 0.6 is 11.6 Å². The van der Waals surface area contributed by atoms with Gasteiger partial charge in [-0.1, -0.05) is 35.9 Å². The number of hydrogen-bond donors (Lipinski definition) is 1. The molecule has 10 nitrogen and oxygen atoms in total. The first-order valence-electron chi connectivity index (χ1n) is 9.83. The minimum absolute atomic E-state index is 0.0443. The summed E-state index contributed by atoms with van der Waals surface area (Å²) < 4.78 is 6.62. The van der Waals surface area contributed by atoms with E-state index in [9.17, 15) is 28.8 Å². The number of nitrogen functional groups attached to an aromatic ring is 1. The van der Waals surface area contributed by atoms with Gasteiger partial charge in [0.2, 0.25) is 5.78 Å². The van der Waals surface area contributed by atoms with Gasteiger partial charge in [-0.3, -0.25) is 28.3 Å². The topological polar surface area (TPSA) is 148 Å². The number of rotatable bonds is 4. The number of Topliss-reactive ketones (excluding diaryl/α,β-unsaturated/α-hetero) is 1. The van der Waals surface area contributed by atoms with Gasteiger partial charge in [0.25, 0.3) is 5.56 Å². The molecule has 0 atom stereocenters. The molecule has 0 amide bonds. The highest BCUT2D eigenvalue weighted by Gasteiger charge is 2.33. The molecule has 0 unspecified atom stereocenters. The lowest BCUT2D eigenvalue weighted by Gasteiger charge is -2.19. The van der Waals surface area contributed by atoms with E-state index < -0.39 is 46.7 Å². The first-order valence-corrected chi connectivity index (χ1v) is 10.2. The molecular weight excluding hydrogens is 466 g/mol. The lowest BCUT2D eigenvalue weighted by atomic mass is 9.83. The van der Waals surface area contributed by atoms with Crippen molar-refractivity contribution in [2.75, 3.05) is 12.3 Å². The number of nitrogens with two attached hydrogens (primary N) is 1. The molecule has 34 heavy (non-hydrogen) atoms. The number of ketones is 3. The first kappa shape index (κ1) is 22.9. The number of nitrogens with zero attached hydrogens (tertiary/aromatic N) is 2. The number of benzene rings is 2. The van der Waals surface area contributed by atoms with Crippen molar-refractivity contribution in [3.05, 3.63) is 95.6 Å². The van der Waals surface area contributed by atoms with Gasteiger partial charge in [-0.25, -0.2) is 9.59 Å². The molecule has 1 aliphatic rings. The molecule has 4 rings (SSSR count). The summed E-state index contributed by atoms with van der Waals surface area (Å²) >= 11 is 6.32. The number of fused-ring (bicyclic) bond motifs is 2. The molecule has 2 N–H and O–H groups in total. The molecule has 172 valence electrons. The summed E-state index contributed by atoms with van der Waals surface area (Å²) in [5, 5.41) is -0.291. The van der Waals surface area contributed by atoms with Crippen molar-refractivity contribution in [3.8, 4) is 0 Å². The van der Waals surface area contributed by atoms with Crippen LogP contribution < -0.4 is 17.0 Å². The third-order valence-electron chi connectivity index (χ3n) is 5.57. The fraction of sp³-hybridized carbons (Fsp3) is 0.130. The van der Waals surface area contributed by atoms with E-state index in [4.69, 9.17) is 22.1 Å². The second-order valence-electron chi connectivity index (χ2n) is 7.52. The lowest BCUT2D eigenvalue weighted by Crippen LogP contribution is -2.42. The zero-order chi connectivity index (χ0) is 24.9. The maximum absolute atomic E-state index is 12.9. The molecule has 0 saturated carbocycles. The molecule has 1 aliphatic carbocycles. The highest BCUT2D eigenvalue weighted by Crippen LogP contribution is 2.34. The van der Waals surface area contributed by atoms with E-state index in [1.807, 2.05) is 0 Å². The molecule has 0 radical (unpaired) electrons. The molecule has 0 saturated heterocycles. The number of halogens is 1. The standard InChI is InChI=1S/C23H16ClN3O7/c1-26-20(25)16(21(31)27(2)23(26)33)14(28)9-34-22(32)13-8-7-12-15(17(13)24)19(30)11-6-4-3-5-10(11)18(12)29/h3-8H,9,25H2,1-2H3. The Hall–Kier alpha value is -4.31. The highest BCUT2D eigenvalue weighted by atomic mass is 35.5. The normalized spacial score (nSPS) is 12.2. The average molecular weight is 482 g/mol. The molecule has 0 aliphatic heterocycles. The lowest BCUT2D eigenvalue weighted by molar-refractivity contribution is 0.0474. The summed E-state index contributed by atoms with van der Waals surface area (Å²) in [6.07, 6.45) is 0. The van der Waals surface area contributed by atoms with Crippen molar-refractivity contribution in [2.24, 2.45) is 14.1 Å². The van der Waals surface area contributed by atoms with Crippen molar-refractivity contribution >= 4 is 40.7 Å². The van der Waals surface area contributed by atoms with Gasteiger partial charge in [0.05, 0.1) is 16.1 Å². The van der Waals surface area contributed by atoms with Crippen LogP contribution in [0, 0.1) is 0 Å². The number of aromatic nitrogens is 2. The van der Waals surface area contributed by atoms with Gasteiger partial charge in [-0.2, -0.15) is 0 Å². The van der Waals surface area contributed by atoms with E-state index in [0.29, 0.717) is 4.57 Å². The summed E-state index contributed by atoms with van der Waals surface area (Å²) in [5.41, 5.74) is 3.62. The summed E-state index contributed by atoms with van der Waals surface area (Å²) in [5.74, 6) is -3.30. The number of ether oxygens (including phenoxy) is 1. The van der Waals surface area contributed by atoms with Crippen LogP contribution in [0.4, 0.5) is 5.82 Å².